The van der Waals surface area contributed by atoms with Gasteiger partial charge in [-0.2, -0.15) is 0 Å². The lowest BCUT2D eigenvalue weighted by atomic mass is 9.99. The first-order valence-electron chi connectivity index (χ1n) is 5.98. The molecule has 2 aromatic rings. The predicted molar refractivity (Wildman–Crippen MR) is 80.0 cm³/mol. The number of benzene rings is 2. The quantitative estimate of drug-likeness (QED) is 0.788. The molecular weight excluding hydrogens is 304 g/mol. The summed E-state index contributed by atoms with van der Waals surface area (Å²) in [6, 6.07) is 11.1. The summed E-state index contributed by atoms with van der Waals surface area (Å²) in [4.78, 5) is 12.5. The zero-order valence-electron chi connectivity index (χ0n) is 11.2. The maximum Gasteiger partial charge on any atom is 0.194 e. The second-order valence-electron chi connectivity index (χ2n) is 4.47. The Bertz CT molecular complexity index is 633. The Morgan fingerprint density at radius 1 is 1.05 bits per heavy atom. The fourth-order valence-electron chi connectivity index (χ4n) is 1.84. The van der Waals surface area contributed by atoms with Crippen molar-refractivity contribution in [1.29, 1.82) is 0 Å². The van der Waals surface area contributed by atoms with Crippen LogP contribution in [0.1, 0.15) is 27.0 Å². The summed E-state index contributed by atoms with van der Waals surface area (Å²) in [6.45, 7) is 4.04. The summed E-state index contributed by atoms with van der Waals surface area (Å²) < 4.78 is 5.94. The molecule has 2 nitrogen and oxygen atoms in total. The number of hydrogen-bond acceptors (Lipinski definition) is 2. The fraction of sp³-hybridized carbons (Fsp3) is 0.188. The number of hydrogen-bond donors (Lipinski definition) is 0. The average molecular weight is 319 g/mol. The molecule has 0 N–H and O–H groups in total. The molecule has 0 fully saturated rings. The molecule has 19 heavy (non-hydrogen) atoms. The van der Waals surface area contributed by atoms with Crippen molar-refractivity contribution in [2.45, 2.75) is 13.8 Å². The summed E-state index contributed by atoms with van der Waals surface area (Å²) in [5, 5.41) is 0. The maximum atomic E-state index is 12.5. The fourth-order valence-corrected chi connectivity index (χ4v) is 2.27. The smallest absolute Gasteiger partial charge is 0.194 e. The van der Waals surface area contributed by atoms with E-state index in [0.29, 0.717) is 16.9 Å². The maximum absolute atomic E-state index is 12.5. The topological polar surface area (TPSA) is 26.3 Å². The highest BCUT2D eigenvalue weighted by molar-refractivity contribution is 9.10. The summed E-state index contributed by atoms with van der Waals surface area (Å²) in [5.74, 6) is 0.671. The van der Waals surface area contributed by atoms with Gasteiger partial charge in [0.2, 0.25) is 0 Å². The molecule has 0 radical (unpaired) electrons. The van der Waals surface area contributed by atoms with E-state index in [0.717, 1.165) is 10.0 Å². The number of ether oxygens (including phenoxy) is 1. The van der Waals surface area contributed by atoms with E-state index in [-0.39, 0.29) is 5.78 Å². The van der Waals surface area contributed by atoms with Gasteiger partial charge in [-0.15, -0.1) is 0 Å². The van der Waals surface area contributed by atoms with Crippen molar-refractivity contribution in [2.24, 2.45) is 0 Å². The Morgan fingerprint density at radius 2 is 1.79 bits per heavy atom. The molecule has 0 saturated heterocycles. The Kier molecular flexibility index (Phi) is 4.05. The van der Waals surface area contributed by atoms with Gasteiger partial charge in [-0.3, -0.25) is 4.79 Å². The number of carbonyl (C=O) groups excluding carboxylic acids is 1. The number of carbonyl (C=O) groups is 1. The molecular formula is C16H15BrO2. The number of rotatable bonds is 3. The highest BCUT2D eigenvalue weighted by Gasteiger charge is 2.14. The first kappa shape index (κ1) is 13.8. The van der Waals surface area contributed by atoms with Crippen LogP contribution in [-0.2, 0) is 0 Å². The third-order valence-corrected chi connectivity index (χ3v) is 3.88. The van der Waals surface area contributed by atoms with Crippen molar-refractivity contribution in [1.82, 2.24) is 0 Å². The molecule has 0 amide bonds. The normalized spacial score (nSPS) is 10.3. The lowest BCUT2D eigenvalue weighted by Gasteiger charge is -2.08. The van der Waals surface area contributed by atoms with Crippen LogP contribution < -0.4 is 4.74 Å². The van der Waals surface area contributed by atoms with Gasteiger partial charge in [0.15, 0.2) is 5.78 Å². The van der Waals surface area contributed by atoms with E-state index in [4.69, 9.17) is 4.74 Å². The second-order valence-corrected chi connectivity index (χ2v) is 5.33. The van der Waals surface area contributed by atoms with Gasteiger partial charge in [0.1, 0.15) is 5.75 Å². The molecule has 0 aromatic heterocycles. The molecule has 0 heterocycles. The van der Waals surface area contributed by atoms with Crippen LogP contribution in [0.3, 0.4) is 0 Å². The lowest BCUT2D eigenvalue weighted by Crippen LogP contribution is -2.03. The van der Waals surface area contributed by atoms with Crippen LogP contribution in [0.4, 0.5) is 0 Å². The molecule has 0 spiro atoms. The third-order valence-electron chi connectivity index (χ3n) is 3.19. The van der Waals surface area contributed by atoms with Crippen molar-refractivity contribution in [3.63, 3.8) is 0 Å². The van der Waals surface area contributed by atoms with Crippen LogP contribution >= 0.6 is 15.9 Å². The van der Waals surface area contributed by atoms with Crippen LogP contribution in [0.5, 0.6) is 5.75 Å². The van der Waals surface area contributed by atoms with E-state index in [9.17, 15) is 4.79 Å². The summed E-state index contributed by atoms with van der Waals surface area (Å²) in [5.41, 5.74) is 3.60. The molecule has 0 aliphatic rings. The Labute approximate surface area is 121 Å². The predicted octanol–water partition coefficient (Wildman–Crippen LogP) is 4.31. The van der Waals surface area contributed by atoms with Crippen LogP contribution in [0, 0.1) is 13.8 Å². The Balaban J connectivity index is 2.46. The minimum Gasteiger partial charge on any atom is -0.497 e. The molecule has 98 valence electrons. The van der Waals surface area contributed by atoms with E-state index in [1.807, 2.05) is 44.2 Å². The first-order chi connectivity index (χ1) is 9.02. The van der Waals surface area contributed by atoms with Crippen molar-refractivity contribution in [3.8, 4) is 5.75 Å². The summed E-state index contributed by atoms with van der Waals surface area (Å²) in [6.07, 6.45) is 0. The van der Waals surface area contributed by atoms with Crippen LogP contribution in [-0.4, -0.2) is 12.9 Å². The largest absolute Gasteiger partial charge is 0.497 e. The van der Waals surface area contributed by atoms with Crippen LogP contribution in [0.2, 0.25) is 0 Å². The minimum absolute atomic E-state index is 0.00567. The van der Waals surface area contributed by atoms with E-state index in [2.05, 4.69) is 15.9 Å². The van der Waals surface area contributed by atoms with Gasteiger partial charge in [0.05, 0.1) is 7.11 Å². The van der Waals surface area contributed by atoms with E-state index >= 15 is 0 Å². The van der Waals surface area contributed by atoms with E-state index in [1.165, 1.54) is 5.56 Å². The summed E-state index contributed by atoms with van der Waals surface area (Å²) in [7, 11) is 1.59. The molecule has 2 rings (SSSR count). The number of aryl methyl sites for hydroxylation is 2. The SMILES string of the molecule is COc1ccc(Br)c(C(=O)c2ccc(C)c(C)c2)c1. The highest BCUT2D eigenvalue weighted by Crippen LogP contribution is 2.25. The summed E-state index contributed by atoms with van der Waals surface area (Å²) >= 11 is 3.41. The van der Waals surface area contributed by atoms with Crippen molar-refractivity contribution in [2.75, 3.05) is 7.11 Å². The Morgan fingerprint density at radius 3 is 2.42 bits per heavy atom. The zero-order valence-corrected chi connectivity index (χ0v) is 12.7. The molecule has 0 bridgehead atoms. The lowest BCUT2D eigenvalue weighted by molar-refractivity contribution is 0.103. The second kappa shape index (κ2) is 5.57. The van der Waals surface area contributed by atoms with Gasteiger partial charge in [-0.05, 0) is 49.2 Å². The molecule has 3 heteroatoms. The molecule has 0 atom stereocenters. The van der Waals surface area contributed by atoms with Crippen LogP contribution in [0.15, 0.2) is 40.9 Å². The Hall–Kier alpha value is -1.61. The average Bonchev–Trinajstić information content (AvgIpc) is 2.41. The van der Waals surface area contributed by atoms with E-state index in [1.54, 1.807) is 13.2 Å². The molecule has 0 aliphatic carbocycles. The molecule has 0 aliphatic heterocycles. The third kappa shape index (κ3) is 2.87. The monoisotopic (exact) mass is 318 g/mol. The van der Waals surface area contributed by atoms with Gasteiger partial charge < -0.3 is 4.74 Å². The van der Waals surface area contributed by atoms with Crippen molar-refractivity contribution >= 4 is 21.7 Å². The molecule has 0 saturated carbocycles. The van der Waals surface area contributed by atoms with Gasteiger partial charge in [0, 0.05) is 15.6 Å². The van der Waals surface area contributed by atoms with Gasteiger partial charge >= 0.3 is 0 Å². The highest BCUT2D eigenvalue weighted by atomic mass is 79.9. The van der Waals surface area contributed by atoms with E-state index < -0.39 is 0 Å². The van der Waals surface area contributed by atoms with Crippen LogP contribution in [0.25, 0.3) is 0 Å². The molecule has 0 unspecified atom stereocenters. The molecule has 2 aromatic carbocycles. The minimum atomic E-state index is -0.00567. The zero-order chi connectivity index (χ0) is 14.0. The van der Waals surface area contributed by atoms with Gasteiger partial charge in [-0.1, -0.05) is 28.1 Å². The first-order valence-corrected chi connectivity index (χ1v) is 6.77. The van der Waals surface area contributed by atoms with Crippen molar-refractivity contribution in [3.05, 3.63) is 63.1 Å². The van der Waals surface area contributed by atoms with Gasteiger partial charge in [0.25, 0.3) is 0 Å². The number of ketones is 1. The number of methoxy groups -OCH3 is 1. The van der Waals surface area contributed by atoms with Crippen molar-refractivity contribution < 1.29 is 9.53 Å². The number of halogens is 1. The van der Waals surface area contributed by atoms with Gasteiger partial charge in [-0.25, -0.2) is 0 Å². The standard InChI is InChI=1S/C16H15BrO2/c1-10-4-5-12(8-11(10)2)16(18)14-9-13(19-3)6-7-15(14)17/h4-9H,1-3H3.